The number of benzene rings is 1. The summed E-state index contributed by atoms with van der Waals surface area (Å²) in [5, 5.41) is 0.517. The van der Waals surface area contributed by atoms with E-state index in [1.165, 1.54) is 0 Å². The van der Waals surface area contributed by atoms with Gasteiger partial charge in [0.15, 0.2) is 0 Å². The molecular weight excluding hydrogens is 322 g/mol. The van der Waals surface area contributed by atoms with Crippen molar-refractivity contribution >= 4 is 23.1 Å². The normalized spacial score (nSPS) is 11.0. The minimum absolute atomic E-state index is 0.128. The molecule has 0 aliphatic rings. The summed E-state index contributed by atoms with van der Waals surface area (Å²) in [6, 6.07) is 20.6. The van der Waals surface area contributed by atoms with Crippen LogP contribution in [0.4, 0.5) is 0 Å². The van der Waals surface area contributed by atoms with Gasteiger partial charge in [0.25, 0.3) is 5.56 Å². The lowest BCUT2D eigenvalue weighted by Gasteiger charge is -2.11. The maximum Gasteiger partial charge on any atom is 0.266 e. The monoisotopic (exact) mass is 337 g/mol. The Morgan fingerprint density at radius 2 is 1.96 bits per heavy atom. The lowest BCUT2D eigenvalue weighted by molar-refractivity contribution is 0.942. The largest absolute Gasteiger partial charge is 0.268 e. The van der Waals surface area contributed by atoms with Gasteiger partial charge in [-0.3, -0.25) is 14.3 Å². The second-order valence-electron chi connectivity index (χ2n) is 5.95. The predicted octanol–water partition coefficient (Wildman–Crippen LogP) is 3.86. The fourth-order valence-electron chi connectivity index (χ4n) is 2.81. The minimum atomic E-state index is -0.128. The van der Waals surface area contributed by atoms with Crippen molar-refractivity contribution in [3.05, 3.63) is 100 Å². The van der Waals surface area contributed by atoms with E-state index in [1.807, 2.05) is 55.5 Å². The molecule has 0 bridgehead atoms. The average molecular weight is 337 g/mol. The van der Waals surface area contributed by atoms with Gasteiger partial charge in [-0.05, 0) is 48.4 Å². The van der Waals surface area contributed by atoms with E-state index >= 15 is 0 Å². The first kappa shape index (κ1) is 15.8. The van der Waals surface area contributed by atoms with Gasteiger partial charge in [0.2, 0.25) is 0 Å². The van der Waals surface area contributed by atoms with Gasteiger partial charge >= 0.3 is 0 Å². The van der Waals surface area contributed by atoms with Crippen LogP contribution in [0.3, 0.4) is 0 Å². The van der Waals surface area contributed by atoms with Crippen molar-refractivity contribution in [1.29, 1.82) is 0 Å². The van der Waals surface area contributed by atoms with Crippen LogP contribution in [-0.2, 0) is 0 Å². The van der Waals surface area contributed by atoms with E-state index < -0.39 is 0 Å². The second-order valence-corrected chi connectivity index (χ2v) is 5.95. The third-order valence-electron chi connectivity index (χ3n) is 4.05. The number of pyridine rings is 1. The fraction of sp³-hybridized carbons (Fsp3) is 0.0455. The summed E-state index contributed by atoms with van der Waals surface area (Å²) >= 11 is 0. The molecule has 0 fully saturated rings. The van der Waals surface area contributed by atoms with Crippen molar-refractivity contribution in [2.75, 3.05) is 0 Å². The highest BCUT2D eigenvalue weighted by atomic mass is 16.1. The summed E-state index contributed by atoms with van der Waals surface area (Å²) in [6.07, 6.45) is 7.21. The summed E-state index contributed by atoms with van der Waals surface area (Å²) in [6.45, 7) is 2.00. The number of rotatable bonds is 3. The molecule has 26 heavy (non-hydrogen) atoms. The van der Waals surface area contributed by atoms with E-state index in [0.717, 1.165) is 16.8 Å². The van der Waals surface area contributed by atoms with Gasteiger partial charge in [0.05, 0.1) is 16.6 Å². The van der Waals surface area contributed by atoms with E-state index in [0.29, 0.717) is 16.7 Å². The Morgan fingerprint density at radius 1 is 1.08 bits per heavy atom. The third kappa shape index (κ3) is 2.99. The Labute approximate surface area is 151 Å². The van der Waals surface area contributed by atoms with E-state index in [1.54, 1.807) is 29.1 Å². The van der Waals surface area contributed by atoms with Gasteiger partial charge in [0, 0.05) is 24.5 Å². The molecule has 0 amide bonds. The molecule has 0 unspecified atom stereocenters. The number of aryl methyl sites for hydroxylation is 1. The first-order chi connectivity index (χ1) is 12.7. The van der Waals surface area contributed by atoms with Crippen LogP contribution in [0.1, 0.15) is 17.0 Å². The summed E-state index contributed by atoms with van der Waals surface area (Å²) in [5.74, 6) is 0.552. The molecule has 0 spiro atoms. The van der Waals surface area contributed by atoms with Crippen molar-refractivity contribution in [2.24, 2.45) is 0 Å². The van der Waals surface area contributed by atoms with Crippen LogP contribution in [0.15, 0.2) is 65.7 Å². The van der Waals surface area contributed by atoms with Crippen LogP contribution in [0.5, 0.6) is 0 Å². The summed E-state index contributed by atoms with van der Waals surface area (Å²) in [5.41, 5.74) is 3.26. The first-order valence-corrected chi connectivity index (χ1v) is 8.22. The SMILES string of the molecule is Cc1cccc(-n2c(/C=C/c3cccnc3)nc3cc#ccc3c2=O)c1. The van der Waals surface area contributed by atoms with Crippen LogP contribution < -0.4 is 5.56 Å². The molecule has 4 heteroatoms. The minimum Gasteiger partial charge on any atom is -0.268 e. The van der Waals surface area contributed by atoms with Gasteiger partial charge in [-0.15, -0.1) is 0 Å². The Kier molecular flexibility index (Phi) is 4.04. The Hall–Kier alpha value is -3.71. The Bertz CT molecular complexity index is 1160. The molecule has 2 heterocycles. The fourth-order valence-corrected chi connectivity index (χ4v) is 2.81. The highest BCUT2D eigenvalue weighted by molar-refractivity contribution is 5.79. The zero-order valence-electron chi connectivity index (χ0n) is 14.2. The molecule has 4 rings (SSSR count). The van der Waals surface area contributed by atoms with Crippen LogP contribution in [0, 0.1) is 19.1 Å². The molecule has 0 N–H and O–H groups in total. The number of fused-ring (bicyclic) bond motifs is 1. The zero-order valence-corrected chi connectivity index (χ0v) is 14.2. The van der Waals surface area contributed by atoms with Crippen LogP contribution >= 0.6 is 0 Å². The lowest BCUT2D eigenvalue weighted by atomic mass is 10.2. The molecule has 4 aromatic rings. The topological polar surface area (TPSA) is 47.8 Å². The van der Waals surface area contributed by atoms with Crippen molar-refractivity contribution in [3.63, 3.8) is 0 Å². The van der Waals surface area contributed by atoms with Crippen LogP contribution in [-0.4, -0.2) is 14.5 Å². The average Bonchev–Trinajstić information content (AvgIpc) is 2.67. The standard InChI is InChI=1S/C22H15N3O/c1-16-6-4-8-18(14-16)25-21(12-11-17-7-5-13-23-15-17)24-20-10-3-2-9-19(20)22(25)26/h4-15H,1H3/b12-11+. The molecule has 124 valence electrons. The zero-order chi connectivity index (χ0) is 17.9. The van der Waals surface area contributed by atoms with Crippen molar-refractivity contribution in [3.8, 4) is 5.69 Å². The molecular formula is C22H15N3O. The highest BCUT2D eigenvalue weighted by Crippen LogP contribution is 2.15. The van der Waals surface area contributed by atoms with E-state index in [4.69, 9.17) is 0 Å². The maximum atomic E-state index is 13.1. The van der Waals surface area contributed by atoms with Gasteiger partial charge in [-0.2, -0.15) is 0 Å². The van der Waals surface area contributed by atoms with Crippen LogP contribution in [0.25, 0.3) is 28.7 Å². The van der Waals surface area contributed by atoms with Gasteiger partial charge < -0.3 is 0 Å². The Morgan fingerprint density at radius 3 is 2.77 bits per heavy atom. The molecule has 0 aliphatic heterocycles. The van der Waals surface area contributed by atoms with Crippen LogP contribution in [0.2, 0.25) is 0 Å². The first-order valence-electron chi connectivity index (χ1n) is 8.22. The molecule has 4 nitrogen and oxygen atoms in total. The number of hydrogen-bond donors (Lipinski definition) is 0. The molecule has 0 aliphatic carbocycles. The summed E-state index contributed by atoms with van der Waals surface area (Å²) in [7, 11) is 0. The van der Waals surface area contributed by atoms with E-state index in [-0.39, 0.29) is 5.56 Å². The maximum absolute atomic E-state index is 13.1. The summed E-state index contributed by atoms with van der Waals surface area (Å²) in [4.78, 5) is 21.9. The quantitative estimate of drug-likeness (QED) is 0.570. The smallest absolute Gasteiger partial charge is 0.266 e. The van der Waals surface area contributed by atoms with Crippen molar-refractivity contribution in [2.45, 2.75) is 6.92 Å². The van der Waals surface area contributed by atoms with E-state index in [2.05, 4.69) is 22.1 Å². The number of hydrogen-bond acceptors (Lipinski definition) is 3. The lowest BCUT2D eigenvalue weighted by Crippen LogP contribution is -2.22. The molecule has 2 aromatic heterocycles. The molecule has 0 saturated heterocycles. The second kappa shape index (κ2) is 6.66. The van der Waals surface area contributed by atoms with Gasteiger partial charge in [-0.1, -0.05) is 30.3 Å². The van der Waals surface area contributed by atoms with Crippen molar-refractivity contribution < 1.29 is 0 Å². The Balaban J connectivity index is 1.97. The molecule has 0 atom stereocenters. The number of aromatic nitrogens is 3. The predicted molar refractivity (Wildman–Crippen MR) is 103 cm³/mol. The molecule has 0 saturated carbocycles. The van der Waals surface area contributed by atoms with Crippen molar-refractivity contribution in [1.82, 2.24) is 14.5 Å². The van der Waals surface area contributed by atoms with Gasteiger partial charge in [0.1, 0.15) is 5.82 Å². The summed E-state index contributed by atoms with van der Waals surface area (Å²) < 4.78 is 1.62. The third-order valence-corrected chi connectivity index (χ3v) is 4.05. The molecule has 0 radical (unpaired) electrons. The molecule has 2 aromatic carbocycles. The van der Waals surface area contributed by atoms with Gasteiger partial charge in [-0.25, -0.2) is 4.98 Å². The highest BCUT2D eigenvalue weighted by Gasteiger charge is 2.11. The van der Waals surface area contributed by atoms with E-state index in [9.17, 15) is 4.79 Å². The number of nitrogens with zero attached hydrogens (tertiary/aromatic N) is 3.